The molecular weight excluding hydrogens is 238 g/mol. The van der Waals surface area contributed by atoms with E-state index in [1.807, 2.05) is 6.07 Å². The first kappa shape index (κ1) is 15.9. The van der Waals surface area contributed by atoms with Gasteiger partial charge in [0.1, 0.15) is 0 Å². The molecule has 1 unspecified atom stereocenters. The molecule has 0 saturated heterocycles. The minimum atomic E-state index is -1.01. The van der Waals surface area contributed by atoms with Crippen LogP contribution in [0.3, 0.4) is 0 Å². The van der Waals surface area contributed by atoms with Crippen LogP contribution in [0, 0.1) is 11.3 Å². The second-order valence-corrected chi connectivity index (χ2v) is 3.17. The summed E-state index contributed by atoms with van der Waals surface area (Å²) < 4.78 is 8.84. The van der Waals surface area contributed by atoms with Gasteiger partial charge in [0.2, 0.25) is 6.29 Å². The van der Waals surface area contributed by atoms with E-state index in [0.29, 0.717) is 13.0 Å². The highest BCUT2D eigenvalue weighted by Crippen LogP contribution is 1.98. The number of esters is 2. The fourth-order valence-corrected chi connectivity index (χ4v) is 0.896. The number of hydrogen-bond acceptors (Lipinski definition) is 6. The maximum absolute atomic E-state index is 10.4. The van der Waals surface area contributed by atoms with Crippen LogP contribution in [0.15, 0.2) is 24.8 Å². The van der Waals surface area contributed by atoms with E-state index in [2.05, 4.69) is 16.1 Å². The first-order chi connectivity index (χ1) is 8.60. The van der Waals surface area contributed by atoms with E-state index in [0.717, 1.165) is 18.9 Å². The molecule has 0 saturated carbocycles. The van der Waals surface area contributed by atoms with E-state index in [9.17, 15) is 9.59 Å². The van der Waals surface area contributed by atoms with Gasteiger partial charge in [-0.1, -0.05) is 6.58 Å². The topological polar surface area (TPSA) is 96.6 Å². The van der Waals surface area contributed by atoms with Gasteiger partial charge >= 0.3 is 11.9 Å². The van der Waals surface area contributed by atoms with E-state index in [1.54, 1.807) is 0 Å². The van der Waals surface area contributed by atoms with Gasteiger partial charge in [-0.05, 0) is 18.9 Å². The van der Waals surface area contributed by atoms with Crippen LogP contribution in [0.25, 0.3) is 0 Å². The van der Waals surface area contributed by atoms with E-state index in [1.165, 1.54) is 12.2 Å². The lowest BCUT2D eigenvalue weighted by Gasteiger charge is -1.98. The number of rotatable bonds is 5. The number of carbonyl (C=O) groups is 2. The highest BCUT2D eigenvalue weighted by atomic mass is 16.6. The van der Waals surface area contributed by atoms with Crippen LogP contribution in [-0.4, -0.2) is 29.9 Å². The van der Waals surface area contributed by atoms with Gasteiger partial charge in [-0.15, -0.1) is 0 Å². The Morgan fingerprint density at radius 2 is 2.39 bits per heavy atom. The Kier molecular flexibility index (Phi) is 8.86. The molecule has 1 N–H and O–H groups in total. The van der Waals surface area contributed by atoms with Crippen molar-refractivity contribution in [1.29, 1.82) is 5.26 Å². The second kappa shape index (κ2) is 10.1. The maximum atomic E-state index is 10.4. The third-order valence-electron chi connectivity index (χ3n) is 1.73. The summed E-state index contributed by atoms with van der Waals surface area (Å²) in [6.07, 6.45) is 4.63. The number of aliphatic hydroxyl groups excluding tert-OH is 1. The van der Waals surface area contributed by atoms with Gasteiger partial charge in [0.25, 0.3) is 0 Å². The maximum Gasteiger partial charge on any atom is 0.333 e. The molecule has 1 aliphatic heterocycles. The molecule has 0 fully saturated rings. The lowest BCUT2D eigenvalue weighted by molar-refractivity contribution is -0.150. The van der Waals surface area contributed by atoms with E-state index in [4.69, 9.17) is 10.4 Å². The lowest BCUT2D eigenvalue weighted by atomic mass is 10.3. The van der Waals surface area contributed by atoms with Gasteiger partial charge in [-0.2, -0.15) is 5.26 Å². The first-order valence-electron chi connectivity index (χ1n) is 5.33. The number of nitriles is 1. The number of unbranched alkanes of at least 4 members (excludes halogenated alkanes) is 2. The van der Waals surface area contributed by atoms with Gasteiger partial charge < -0.3 is 14.6 Å². The zero-order valence-electron chi connectivity index (χ0n) is 9.87. The molecule has 0 aromatic carbocycles. The molecule has 0 aromatic heterocycles. The number of carbonyl (C=O) groups excluding carboxylic acids is 2. The Labute approximate surface area is 105 Å². The SMILES string of the molecule is C=CC(=O)OCCCCC#N.O=C1C=CC(O)O1. The molecule has 0 spiro atoms. The van der Waals surface area contributed by atoms with Crippen LogP contribution in [0.4, 0.5) is 0 Å². The zero-order chi connectivity index (χ0) is 13.8. The molecule has 1 rings (SSSR count). The van der Waals surface area contributed by atoms with Gasteiger partial charge in [-0.25, -0.2) is 9.59 Å². The number of cyclic esters (lactones) is 1. The predicted octanol–water partition coefficient (Wildman–Crippen LogP) is 0.827. The predicted molar refractivity (Wildman–Crippen MR) is 61.9 cm³/mol. The summed E-state index contributed by atoms with van der Waals surface area (Å²) in [6, 6.07) is 2.01. The monoisotopic (exact) mass is 253 g/mol. The lowest BCUT2D eigenvalue weighted by Crippen LogP contribution is -2.04. The normalized spacial score (nSPS) is 16.0. The fourth-order valence-electron chi connectivity index (χ4n) is 0.896. The van der Waals surface area contributed by atoms with Gasteiger partial charge in [-0.3, -0.25) is 0 Å². The summed E-state index contributed by atoms with van der Waals surface area (Å²) in [7, 11) is 0. The van der Waals surface area contributed by atoms with Crippen molar-refractivity contribution in [2.45, 2.75) is 25.6 Å². The summed E-state index contributed by atoms with van der Waals surface area (Å²) in [4.78, 5) is 20.4. The molecular formula is C12H15NO5. The Balaban J connectivity index is 0.000000351. The number of ether oxygens (including phenoxy) is 2. The average molecular weight is 253 g/mol. The van der Waals surface area contributed by atoms with Crippen LogP contribution in [0.1, 0.15) is 19.3 Å². The number of aliphatic hydroxyl groups is 1. The standard InChI is InChI=1S/C8H11NO2.C4H4O3/c1-2-8(10)11-7-5-3-4-6-9;5-3-1-2-4(6)7-3/h2H,1,3-5,7H2;1-3,5H. The number of nitrogens with zero attached hydrogens (tertiary/aromatic N) is 1. The first-order valence-corrected chi connectivity index (χ1v) is 5.33. The fraction of sp³-hybridized carbons (Fsp3) is 0.417. The minimum Gasteiger partial charge on any atom is -0.463 e. The largest absolute Gasteiger partial charge is 0.463 e. The van der Waals surface area contributed by atoms with Crippen molar-refractivity contribution in [3.63, 3.8) is 0 Å². The van der Waals surface area contributed by atoms with Crippen molar-refractivity contribution in [2.75, 3.05) is 6.61 Å². The summed E-state index contributed by atoms with van der Waals surface area (Å²) >= 11 is 0. The third-order valence-corrected chi connectivity index (χ3v) is 1.73. The Morgan fingerprint density at radius 3 is 2.78 bits per heavy atom. The molecule has 1 atom stereocenters. The molecule has 1 heterocycles. The summed E-state index contributed by atoms with van der Waals surface area (Å²) in [6.45, 7) is 3.63. The molecule has 6 heteroatoms. The molecule has 6 nitrogen and oxygen atoms in total. The van der Waals surface area contributed by atoms with Crippen LogP contribution in [0.5, 0.6) is 0 Å². The van der Waals surface area contributed by atoms with Gasteiger partial charge in [0.15, 0.2) is 0 Å². The molecule has 18 heavy (non-hydrogen) atoms. The smallest absolute Gasteiger partial charge is 0.333 e. The van der Waals surface area contributed by atoms with Crippen LogP contribution in [0.2, 0.25) is 0 Å². The average Bonchev–Trinajstić information content (AvgIpc) is 2.73. The Hall–Kier alpha value is -2.13. The van der Waals surface area contributed by atoms with Crippen LogP contribution < -0.4 is 0 Å². The van der Waals surface area contributed by atoms with Gasteiger partial charge in [0, 0.05) is 18.6 Å². The quantitative estimate of drug-likeness (QED) is 0.443. The van der Waals surface area contributed by atoms with Crippen molar-refractivity contribution in [3.05, 3.63) is 24.8 Å². The second-order valence-electron chi connectivity index (χ2n) is 3.17. The van der Waals surface area contributed by atoms with E-state index in [-0.39, 0.29) is 0 Å². The van der Waals surface area contributed by atoms with Crippen molar-refractivity contribution >= 4 is 11.9 Å². The van der Waals surface area contributed by atoms with E-state index < -0.39 is 18.2 Å². The molecule has 0 aliphatic carbocycles. The van der Waals surface area contributed by atoms with Crippen LogP contribution >= 0.6 is 0 Å². The minimum absolute atomic E-state index is 0.381. The summed E-state index contributed by atoms with van der Waals surface area (Å²) in [5, 5.41) is 16.5. The van der Waals surface area contributed by atoms with Crippen molar-refractivity contribution in [3.8, 4) is 6.07 Å². The summed E-state index contributed by atoms with van der Waals surface area (Å²) in [5.74, 6) is -0.880. The molecule has 0 bridgehead atoms. The molecule has 0 aromatic rings. The van der Waals surface area contributed by atoms with E-state index >= 15 is 0 Å². The highest BCUT2D eigenvalue weighted by Gasteiger charge is 2.10. The zero-order valence-corrected chi connectivity index (χ0v) is 9.87. The van der Waals surface area contributed by atoms with Crippen molar-refractivity contribution < 1.29 is 24.2 Å². The highest BCUT2D eigenvalue weighted by molar-refractivity contribution is 5.84. The van der Waals surface area contributed by atoms with Crippen molar-refractivity contribution in [2.24, 2.45) is 0 Å². The molecule has 98 valence electrons. The molecule has 1 aliphatic rings. The van der Waals surface area contributed by atoms with Crippen LogP contribution in [-0.2, 0) is 19.1 Å². The molecule has 0 amide bonds. The third kappa shape index (κ3) is 9.12. The number of hydrogen-bond donors (Lipinski definition) is 1. The summed E-state index contributed by atoms with van der Waals surface area (Å²) in [5.41, 5.74) is 0. The van der Waals surface area contributed by atoms with Gasteiger partial charge in [0.05, 0.1) is 12.7 Å². The Morgan fingerprint density at radius 1 is 1.67 bits per heavy atom. The Bertz CT molecular complexity index is 356. The van der Waals surface area contributed by atoms with Crippen molar-refractivity contribution in [1.82, 2.24) is 0 Å². The molecule has 0 radical (unpaired) electrons.